The standard InChI is InChI=1S/C22H12Br2S3/c23-14-1-3-16-12(7-14)8-18-19(16)10-26-21(18)27-22-20-13(9-25-22)5-11-6-15(24)2-4-17(11)20/h1-9,22H,10H2. The molecule has 0 saturated carbocycles. The second-order valence-electron chi connectivity index (χ2n) is 6.79. The van der Waals surface area contributed by atoms with Gasteiger partial charge in [0.1, 0.15) is 0 Å². The van der Waals surface area contributed by atoms with Gasteiger partial charge in [-0.3, -0.25) is 0 Å². The van der Waals surface area contributed by atoms with Gasteiger partial charge in [-0.25, -0.2) is 0 Å². The van der Waals surface area contributed by atoms with Crippen LogP contribution in [0, 0.1) is 0 Å². The first kappa shape index (κ1) is 17.3. The van der Waals surface area contributed by atoms with Gasteiger partial charge in [0.2, 0.25) is 0 Å². The fourth-order valence-corrected chi connectivity index (χ4v) is 9.04. The number of halogens is 2. The molecule has 0 aromatic heterocycles. The zero-order chi connectivity index (χ0) is 18.1. The monoisotopic (exact) mass is 530 g/mol. The van der Waals surface area contributed by atoms with E-state index in [4.69, 9.17) is 0 Å². The lowest BCUT2D eigenvalue weighted by Crippen LogP contribution is -2.24. The second-order valence-corrected chi connectivity index (χ2v) is 12.3. The Balaban J connectivity index is 1.43. The first-order valence-electron chi connectivity index (χ1n) is 8.59. The molecule has 27 heavy (non-hydrogen) atoms. The van der Waals surface area contributed by atoms with Gasteiger partial charge in [0.15, 0.2) is 0 Å². The van der Waals surface area contributed by atoms with Crippen molar-refractivity contribution in [2.24, 2.45) is 0 Å². The molecule has 1 unspecified atom stereocenters. The quantitative estimate of drug-likeness (QED) is 0.562. The van der Waals surface area contributed by atoms with Gasteiger partial charge < -0.3 is 0 Å². The van der Waals surface area contributed by atoms with Gasteiger partial charge in [0.05, 0.1) is 4.58 Å². The summed E-state index contributed by atoms with van der Waals surface area (Å²) in [5.74, 6) is 1.09. The molecule has 5 heteroatoms. The fourth-order valence-electron chi connectivity index (χ4n) is 4.01. The van der Waals surface area contributed by atoms with Crippen molar-refractivity contribution in [2.75, 3.05) is 5.75 Å². The van der Waals surface area contributed by atoms with E-state index in [2.05, 4.69) is 85.8 Å². The van der Waals surface area contributed by atoms with Crippen LogP contribution in [0.3, 0.4) is 0 Å². The van der Waals surface area contributed by atoms with Crippen LogP contribution in [0.1, 0.15) is 0 Å². The SMILES string of the molecule is Brc1ccc2c(c1)=CC1=C(SC3SC=C4C=c5cc(Br)ccc5=C43)SCC=21. The lowest BCUT2D eigenvalue weighted by atomic mass is 10.1. The zero-order valence-electron chi connectivity index (χ0n) is 14.0. The Morgan fingerprint density at radius 1 is 0.926 bits per heavy atom. The number of allylic oxidation sites excluding steroid dienone is 2. The summed E-state index contributed by atoms with van der Waals surface area (Å²) in [7, 11) is 0. The predicted molar refractivity (Wildman–Crippen MR) is 129 cm³/mol. The molecule has 2 aliphatic heterocycles. The van der Waals surface area contributed by atoms with Gasteiger partial charge in [0, 0.05) is 18.9 Å². The number of fused-ring (bicyclic) bond motifs is 4. The maximum absolute atomic E-state index is 3.61. The predicted octanol–water partition coefficient (Wildman–Crippen LogP) is 4.45. The van der Waals surface area contributed by atoms with E-state index in [9.17, 15) is 0 Å². The molecule has 0 saturated heterocycles. The van der Waals surface area contributed by atoms with Crippen LogP contribution in [0.15, 0.2) is 66.1 Å². The molecule has 0 fully saturated rings. The molecular formula is C22H12Br2S3. The summed E-state index contributed by atoms with van der Waals surface area (Å²) in [6.45, 7) is 0. The molecule has 6 rings (SSSR count). The molecule has 2 aromatic rings. The van der Waals surface area contributed by atoms with E-state index in [1.54, 1.807) is 0 Å². The van der Waals surface area contributed by atoms with Gasteiger partial charge in [-0.1, -0.05) is 55.8 Å². The number of rotatable bonds is 2. The summed E-state index contributed by atoms with van der Waals surface area (Å²) in [5.41, 5.74) is 5.85. The molecule has 1 atom stereocenters. The number of thioether (sulfide) groups is 3. The van der Waals surface area contributed by atoms with Crippen molar-refractivity contribution >= 4 is 90.4 Å². The summed E-state index contributed by atoms with van der Waals surface area (Å²) in [5, 5.41) is 7.83. The van der Waals surface area contributed by atoms with Crippen LogP contribution in [0.25, 0.3) is 23.3 Å². The van der Waals surface area contributed by atoms with Crippen LogP contribution >= 0.6 is 67.1 Å². The third-order valence-corrected chi connectivity index (χ3v) is 10.1. The van der Waals surface area contributed by atoms with E-state index >= 15 is 0 Å². The van der Waals surface area contributed by atoms with Crippen LogP contribution in [-0.4, -0.2) is 10.3 Å². The minimum absolute atomic E-state index is 0.442. The lowest BCUT2D eigenvalue weighted by Gasteiger charge is -2.12. The molecule has 4 aliphatic rings. The highest BCUT2D eigenvalue weighted by Gasteiger charge is 2.31. The smallest absolute Gasteiger partial charge is 0.0857 e. The van der Waals surface area contributed by atoms with Gasteiger partial charge in [-0.2, -0.15) is 0 Å². The van der Waals surface area contributed by atoms with Crippen molar-refractivity contribution < 1.29 is 0 Å². The number of benzene rings is 2. The number of hydrogen-bond acceptors (Lipinski definition) is 3. The molecule has 0 bridgehead atoms. The topological polar surface area (TPSA) is 0 Å². The third kappa shape index (κ3) is 2.73. The van der Waals surface area contributed by atoms with Crippen LogP contribution in [0.2, 0.25) is 0 Å². The summed E-state index contributed by atoms with van der Waals surface area (Å²) < 4.78 is 4.22. The minimum Gasteiger partial charge on any atom is -0.114 e. The molecule has 2 aliphatic carbocycles. The Labute approximate surface area is 186 Å². The van der Waals surface area contributed by atoms with E-state index in [0.29, 0.717) is 4.58 Å². The zero-order valence-corrected chi connectivity index (χ0v) is 19.6. The van der Waals surface area contributed by atoms with E-state index in [1.807, 2.05) is 35.3 Å². The Hall–Kier alpha value is -0.590. The summed E-state index contributed by atoms with van der Waals surface area (Å²) in [6, 6.07) is 13.3. The molecule has 2 aromatic carbocycles. The Kier molecular flexibility index (Phi) is 4.14. The normalized spacial score (nSPS) is 21.6. The van der Waals surface area contributed by atoms with Crippen molar-refractivity contribution in [1.29, 1.82) is 0 Å². The molecule has 0 spiro atoms. The molecule has 0 radical (unpaired) electrons. The lowest BCUT2D eigenvalue weighted by molar-refractivity contribution is 1.48. The van der Waals surface area contributed by atoms with E-state index < -0.39 is 0 Å². The highest BCUT2D eigenvalue weighted by Crippen LogP contribution is 2.53. The molecule has 2 heterocycles. The van der Waals surface area contributed by atoms with E-state index in [-0.39, 0.29) is 0 Å². The van der Waals surface area contributed by atoms with Crippen molar-refractivity contribution in [3.8, 4) is 0 Å². The highest BCUT2D eigenvalue weighted by molar-refractivity contribution is 9.10. The third-order valence-electron chi connectivity index (χ3n) is 5.23. The number of hydrogen-bond donors (Lipinski definition) is 0. The Bertz CT molecular complexity index is 1350. The average Bonchev–Trinajstić information content (AvgIpc) is 3.36. The van der Waals surface area contributed by atoms with Crippen LogP contribution in [0.5, 0.6) is 0 Å². The maximum atomic E-state index is 3.61. The minimum atomic E-state index is 0.442. The van der Waals surface area contributed by atoms with Crippen LogP contribution in [-0.2, 0) is 0 Å². The Morgan fingerprint density at radius 2 is 1.67 bits per heavy atom. The van der Waals surface area contributed by atoms with Gasteiger partial charge in [-0.15, -0.1) is 23.5 Å². The molecule has 0 nitrogen and oxygen atoms in total. The molecule has 0 N–H and O–H groups in total. The van der Waals surface area contributed by atoms with Crippen LogP contribution < -0.4 is 20.9 Å². The van der Waals surface area contributed by atoms with Gasteiger partial charge in [0.25, 0.3) is 0 Å². The maximum Gasteiger partial charge on any atom is 0.0857 e. The first-order valence-corrected chi connectivity index (χ1v) is 13.0. The van der Waals surface area contributed by atoms with Crippen molar-refractivity contribution in [3.63, 3.8) is 0 Å². The molecule has 0 amide bonds. The Morgan fingerprint density at radius 3 is 2.48 bits per heavy atom. The van der Waals surface area contributed by atoms with Crippen molar-refractivity contribution in [2.45, 2.75) is 4.58 Å². The van der Waals surface area contributed by atoms with E-state index in [1.165, 1.54) is 47.4 Å². The fraction of sp³-hybridized carbons (Fsp3) is 0.0909. The highest BCUT2D eigenvalue weighted by atomic mass is 79.9. The van der Waals surface area contributed by atoms with Gasteiger partial charge in [-0.05, 0) is 85.0 Å². The largest absolute Gasteiger partial charge is 0.114 e. The second kappa shape index (κ2) is 6.46. The summed E-state index contributed by atoms with van der Waals surface area (Å²) in [6.07, 6.45) is 4.71. The molecule has 132 valence electrons. The molecular weight excluding hydrogens is 520 g/mol. The van der Waals surface area contributed by atoms with E-state index in [0.717, 1.165) is 14.7 Å². The summed E-state index contributed by atoms with van der Waals surface area (Å²) >= 11 is 13.2. The summed E-state index contributed by atoms with van der Waals surface area (Å²) in [4.78, 5) is 0. The van der Waals surface area contributed by atoms with Gasteiger partial charge >= 0.3 is 0 Å². The average molecular weight is 532 g/mol. The van der Waals surface area contributed by atoms with Crippen molar-refractivity contribution in [1.82, 2.24) is 0 Å². The first-order chi connectivity index (χ1) is 13.2. The van der Waals surface area contributed by atoms with Crippen molar-refractivity contribution in [3.05, 3.63) is 87.0 Å². The van der Waals surface area contributed by atoms with Crippen LogP contribution in [0.4, 0.5) is 0 Å².